The molecule has 0 unspecified atom stereocenters. The van der Waals surface area contributed by atoms with Crippen molar-refractivity contribution in [3.63, 3.8) is 0 Å². The maximum absolute atomic E-state index is 11.7. The van der Waals surface area contributed by atoms with Crippen LogP contribution in [0.25, 0.3) is 16.8 Å². The Morgan fingerprint density at radius 1 is 1.24 bits per heavy atom. The number of rotatable bonds is 6. The van der Waals surface area contributed by atoms with E-state index in [-0.39, 0.29) is 5.97 Å². The van der Waals surface area contributed by atoms with E-state index in [4.69, 9.17) is 27.9 Å². The Kier molecular flexibility index (Phi) is 6.89. The van der Waals surface area contributed by atoms with E-state index in [1.807, 2.05) is 11.4 Å². The van der Waals surface area contributed by atoms with Crippen LogP contribution in [0.5, 0.6) is 0 Å². The molecule has 3 rings (SSSR count). The van der Waals surface area contributed by atoms with Crippen molar-refractivity contribution in [3.05, 3.63) is 74.7 Å². The van der Waals surface area contributed by atoms with Gasteiger partial charge in [0.2, 0.25) is 0 Å². The number of hydrogen-bond acceptors (Lipinski definition) is 6. The topological polar surface area (TPSA) is 75.0 Å². The molecule has 1 aromatic heterocycles. The van der Waals surface area contributed by atoms with Crippen LogP contribution in [0.1, 0.15) is 22.3 Å². The van der Waals surface area contributed by atoms with E-state index >= 15 is 0 Å². The summed E-state index contributed by atoms with van der Waals surface area (Å²) in [6.45, 7) is 2.08. The number of benzene rings is 2. The van der Waals surface area contributed by atoms with Crippen LogP contribution < -0.4 is 5.32 Å². The second-order valence-electron chi connectivity index (χ2n) is 5.78. The molecule has 146 valence electrons. The molecule has 29 heavy (non-hydrogen) atoms. The highest BCUT2D eigenvalue weighted by Gasteiger charge is 2.11. The van der Waals surface area contributed by atoms with Gasteiger partial charge in [-0.05, 0) is 43.3 Å². The number of nitriles is 1. The average molecular weight is 444 g/mol. The zero-order valence-electron chi connectivity index (χ0n) is 15.3. The van der Waals surface area contributed by atoms with Gasteiger partial charge in [0.15, 0.2) is 0 Å². The molecule has 1 heterocycles. The van der Waals surface area contributed by atoms with Gasteiger partial charge in [-0.15, -0.1) is 11.3 Å². The number of nitrogens with zero attached hydrogens (tertiary/aromatic N) is 2. The average Bonchev–Trinajstić information content (AvgIpc) is 3.21. The van der Waals surface area contributed by atoms with Crippen LogP contribution >= 0.6 is 34.5 Å². The molecule has 0 bridgehead atoms. The maximum atomic E-state index is 11.7. The number of carbonyl (C=O) groups is 1. The quantitative estimate of drug-likeness (QED) is 0.358. The van der Waals surface area contributed by atoms with Crippen LogP contribution in [0.2, 0.25) is 10.0 Å². The minimum atomic E-state index is -0.370. The van der Waals surface area contributed by atoms with Gasteiger partial charge in [-0.2, -0.15) is 5.26 Å². The summed E-state index contributed by atoms with van der Waals surface area (Å²) in [5.74, 6) is -0.370. The molecule has 0 saturated carbocycles. The van der Waals surface area contributed by atoms with E-state index in [0.29, 0.717) is 38.5 Å². The predicted molar refractivity (Wildman–Crippen MR) is 117 cm³/mol. The SMILES string of the molecule is CCOC(=O)c1ccc(N/C=C(/C#N)c2nc(-c3ccc(Cl)c(Cl)c3)cs2)cc1. The molecular weight excluding hydrogens is 429 g/mol. The molecule has 0 fully saturated rings. The van der Waals surface area contributed by atoms with Crippen LogP contribution in [-0.4, -0.2) is 17.6 Å². The third kappa shape index (κ3) is 5.15. The highest BCUT2D eigenvalue weighted by Crippen LogP contribution is 2.30. The summed E-state index contributed by atoms with van der Waals surface area (Å²) in [5.41, 5.74) is 3.11. The fraction of sp³-hybridized carbons (Fsp3) is 0.0952. The molecular formula is C21H15Cl2N3O2S. The minimum Gasteiger partial charge on any atom is -0.462 e. The summed E-state index contributed by atoms with van der Waals surface area (Å²) in [6.07, 6.45) is 1.58. The molecule has 2 aromatic carbocycles. The van der Waals surface area contributed by atoms with E-state index in [9.17, 15) is 10.1 Å². The zero-order chi connectivity index (χ0) is 20.8. The largest absolute Gasteiger partial charge is 0.462 e. The van der Waals surface area contributed by atoms with E-state index in [0.717, 1.165) is 11.3 Å². The lowest BCUT2D eigenvalue weighted by Gasteiger charge is -2.04. The summed E-state index contributed by atoms with van der Waals surface area (Å²) in [4.78, 5) is 16.2. The molecule has 0 atom stereocenters. The first-order chi connectivity index (χ1) is 14.0. The lowest BCUT2D eigenvalue weighted by atomic mass is 10.2. The molecule has 0 aliphatic carbocycles. The zero-order valence-corrected chi connectivity index (χ0v) is 17.6. The maximum Gasteiger partial charge on any atom is 0.338 e. The molecule has 8 heteroatoms. The normalized spacial score (nSPS) is 11.0. The van der Waals surface area contributed by atoms with Gasteiger partial charge < -0.3 is 10.1 Å². The summed E-state index contributed by atoms with van der Waals surface area (Å²) in [7, 11) is 0. The van der Waals surface area contributed by atoms with Crippen LogP contribution in [0.15, 0.2) is 54.0 Å². The number of allylic oxidation sites excluding steroid dienone is 1. The van der Waals surface area contributed by atoms with E-state index in [2.05, 4.69) is 16.4 Å². The molecule has 0 radical (unpaired) electrons. The molecule has 5 nitrogen and oxygen atoms in total. The monoisotopic (exact) mass is 443 g/mol. The number of nitrogens with one attached hydrogen (secondary N) is 1. The van der Waals surface area contributed by atoms with Crippen molar-refractivity contribution in [2.24, 2.45) is 0 Å². The van der Waals surface area contributed by atoms with Gasteiger partial charge in [-0.1, -0.05) is 29.3 Å². The number of ether oxygens (including phenoxy) is 1. The highest BCUT2D eigenvalue weighted by molar-refractivity contribution is 7.11. The Labute approximate surface area is 182 Å². The van der Waals surface area contributed by atoms with Crippen molar-refractivity contribution < 1.29 is 9.53 Å². The fourth-order valence-corrected chi connectivity index (χ4v) is 3.49. The van der Waals surface area contributed by atoms with E-state index < -0.39 is 0 Å². The molecule has 1 N–H and O–H groups in total. The second-order valence-corrected chi connectivity index (χ2v) is 7.45. The number of carbonyl (C=O) groups excluding carboxylic acids is 1. The smallest absolute Gasteiger partial charge is 0.338 e. The van der Waals surface area contributed by atoms with Crippen molar-refractivity contribution in [1.82, 2.24) is 4.98 Å². The Hall–Kier alpha value is -2.85. The number of hydrogen-bond donors (Lipinski definition) is 1. The van der Waals surface area contributed by atoms with Gasteiger partial charge in [0, 0.05) is 22.8 Å². The summed E-state index contributed by atoms with van der Waals surface area (Å²) >= 11 is 13.4. The van der Waals surface area contributed by atoms with Crippen molar-refractivity contribution in [2.75, 3.05) is 11.9 Å². The summed E-state index contributed by atoms with van der Waals surface area (Å²) < 4.78 is 4.96. The number of halogens is 2. The second kappa shape index (κ2) is 9.57. The third-order valence-electron chi connectivity index (χ3n) is 3.85. The van der Waals surface area contributed by atoms with Crippen molar-refractivity contribution in [2.45, 2.75) is 6.92 Å². The first kappa shape index (κ1) is 20.9. The lowest BCUT2D eigenvalue weighted by molar-refractivity contribution is 0.0526. The molecule has 0 aliphatic rings. The Morgan fingerprint density at radius 2 is 2.00 bits per heavy atom. The fourth-order valence-electron chi connectivity index (χ4n) is 2.40. The van der Waals surface area contributed by atoms with E-state index in [1.54, 1.807) is 49.5 Å². The number of esters is 1. The first-order valence-corrected chi connectivity index (χ1v) is 10.2. The number of anilines is 1. The number of aromatic nitrogens is 1. The molecule has 0 amide bonds. The molecule has 0 aliphatic heterocycles. The third-order valence-corrected chi connectivity index (χ3v) is 5.46. The van der Waals surface area contributed by atoms with Crippen molar-refractivity contribution in [1.29, 1.82) is 5.26 Å². The Morgan fingerprint density at radius 3 is 2.66 bits per heavy atom. The Bertz CT molecular complexity index is 1100. The highest BCUT2D eigenvalue weighted by atomic mass is 35.5. The summed E-state index contributed by atoms with van der Waals surface area (Å²) in [6, 6.07) is 14.2. The summed E-state index contributed by atoms with van der Waals surface area (Å²) in [5, 5.41) is 15.9. The molecule has 0 saturated heterocycles. The van der Waals surface area contributed by atoms with Crippen molar-refractivity contribution >= 4 is 51.8 Å². The molecule has 3 aromatic rings. The standard InChI is InChI=1S/C21H15Cl2N3O2S/c1-2-28-21(27)13-3-6-16(7-4-13)25-11-15(10-24)20-26-19(12-29-20)14-5-8-17(22)18(23)9-14/h3-9,11-12,25H,2H2,1H3/b15-11-. The van der Waals surface area contributed by atoms with Crippen LogP contribution in [0.4, 0.5) is 5.69 Å². The van der Waals surface area contributed by atoms with Crippen LogP contribution in [-0.2, 0) is 4.74 Å². The molecule has 0 spiro atoms. The minimum absolute atomic E-state index is 0.325. The van der Waals surface area contributed by atoms with Gasteiger partial charge in [0.05, 0.1) is 27.9 Å². The number of thiazole rings is 1. The van der Waals surface area contributed by atoms with E-state index in [1.165, 1.54) is 11.3 Å². The van der Waals surface area contributed by atoms with Gasteiger partial charge in [0.1, 0.15) is 16.6 Å². The van der Waals surface area contributed by atoms with Crippen molar-refractivity contribution in [3.8, 4) is 17.3 Å². The van der Waals surface area contributed by atoms with Gasteiger partial charge in [-0.25, -0.2) is 9.78 Å². The predicted octanol–water partition coefficient (Wildman–Crippen LogP) is 6.27. The van der Waals surface area contributed by atoms with Gasteiger partial charge in [0.25, 0.3) is 0 Å². The van der Waals surface area contributed by atoms with Gasteiger partial charge in [-0.3, -0.25) is 0 Å². The first-order valence-electron chi connectivity index (χ1n) is 8.57. The van der Waals surface area contributed by atoms with Crippen LogP contribution in [0.3, 0.4) is 0 Å². The van der Waals surface area contributed by atoms with Crippen LogP contribution in [0, 0.1) is 11.3 Å². The Balaban J connectivity index is 1.75. The lowest BCUT2D eigenvalue weighted by Crippen LogP contribution is -2.04. The van der Waals surface area contributed by atoms with Gasteiger partial charge >= 0.3 is 5.97 Å².